The predicted octanol–water partition coefficient (Wildman–Crippen LogP) is 0.0861. The highest BCUT2D eigenvalue weighted by atomic mass is 16.5. The maximum absolute atomic E-state index is 11.8. The van der Waals surface area contributed by atoms with Gasteiger partial charge in [-0.1, -0.05) is 6.07 Å². The van der Waals surface area contributed by atoms with Crippen molar-refractivity contribution in [1.82, 2.24) is 10.3 Å². The van der Waals surface area contributed by atoms with Gasteiger partial charge in [0.05, 0.1) is 19.3 Å². The summed E-state index contributed by atoms with van der Waals surface area (Å²) in [5.74, 6) is 0.641. The number of hydrogen-bond donors (Lipinski definition) is 2. The molecule has 1 aromatic heterocycles. The van der Waals surface area contributed by atoms with E-state index in [-0.39, 0.29) is 11.9 Å². The minimum absolute atomic E-state index is 0.0823. The van der Waals surface area contributed by atoms with Crippen molar-refractivity contribution < 1.29 is 14.6 Å². The summed E-state index contributed by atoms with van der Waals surface area (Å²) in [4.78, 5) is 18.1. The Labute approximate surface area is 112 Å². The van der Waals surface area contributed by atoms with Gasteiger partial charge in [0.15, 0.2) is 0 Å². The summed E-state index contributed by atoms with van der Waals surface area (Å²) >= 11 is 0. The highest BCUT2D eigenvalue weighted by molar-refractivity contribution is 5.85. The van der Waals surface area contributed by atoms with Crippen LogP contribution in [0, 0.1) is 0 Å². The van der Waals surface area contributed by atoms with Gasteiger partial charge in [-0.15, -0.1) is 0 Å². The molecule has 1 aromatic rings. The Bertz CT molecular complexity index is 433. The zero-order valence-electron chi connectivity index (χ0n) is 11.2. The average molecular weight is 265 g/mol. The maximum Gasteiger partial charge on any atom is 0.244 e. The minimum Gasteiger partial charge on any atom is -0.389 e. The number of carbonyl (C=O) groups is 1. The lowest BCUT2D eigenvalue weighted by Crippen LogP contribution is -2.53. The van der Waals surface area contributed by atoms with E-state index in [4.69, 9.17) is 4.74 Å². The fraction of sp³-hybridized carbons (Fsp3) is 0.538. The third kappa shape index (κ3) is 3.02. The van der Waals surface area contributed by atoms with Crippen LogP contribution in [0.3, 0.4) is 0 Å². The predicted molar refractivity (Wildman–Crippen MR) is 70.9 cm³/mol. The first-order valence-electron chi connectivity index (χ1n) is 6.33. The number of likely N-dealkylation sites (N-methyl/N-ethyl adjacent to an activating group) is 1. The van der Waals surface area contributed by atoms with E-state index in [0.717, 1.165) is 11.4 Å². The molecular formula is C13H19N3O3. The largest absolute Gasteiger partial charge is 0.389 e. The van der Waals surface area contributed by atoms with Crippen molar-refractivity contribution in [3.8, 4) is 0 Å². The van der Waals surface area contributed by atoms with Crippen molar-refractivity contribution in [1.29, 1.82) is 0 Å². The van der Waals surface area contributed by atoms with Crippen LogP contribution in [0.25, 0.3) is 0 Å². The van der Waals surface area contributed by atoms with Crippen LogP contribution in [-0.2, 0) is 9.53 Å². The Morgan fingerprint density at radius 1 is 1.63 bits per heavy atom. The lowest BCUT2D eigenvalue weighted by atomic mass is 10.1. The Hall–Kier alpha value is -1.66. The summed E-state index contributed by atoms with van der Waals surface area (Å²) in [6.07, 6.45) is 1.09. The van der Waals surface area contributed by atoms with Crippen LogP contribution in [0.5, 0.6) is 0 Å². The molecule has 0 aliphatic carbocycles. The van der Waals surface area contributed by atoms with Gasteiger partial charge in [0.1, 0.15) is 11.9 Å². The number of rotatable bonds is 3. The fourth-order valence-electron chi connectivity index (χ4n) is 2.08. The number of aliphatic hydroxyl groups excluding tert-OH is 1. The summed E-state index contributed by atoms with van der Waals surface area (Å²) in [5, 5.41) is 12.1. The first-order valence-corrected chi connectivity index (χ1v) is 6.33. The topological polar surface area (TPSA) is 74.7 Å². The number of amides is 1. The van der Waals surface area contributed by atoms with E-state index in [1.54, 1.807) is 20.2 Å². The van der Waals surface area contributed by atoms with Gasteiger partial charge in [-0.25, -0.2) is 4.98 Å². The summed E-state index contributed by atoms with van der Waals surface area (Å²) in [5.41, 5.74) is 0.758. The van der Waals surface area contributed by atoms with Gasteiger partial charge in [-0.2, -0.15) is 0 Å². The van der Waals surface area contributed by atoms with Crippen molar-refractivity contribution in [3.05, 3.63) is 23.9 Å². The van der Waals surface area contributed by atoms with Crippen molar-refractivity contribution in [2.45, 2.75) is 19.1 Å². The molecule has 19 heavy (non-hydrogen) atoms. The molecule has 2 heterocycles. The first kappa shape index (κ1) is 13.8. The molecule has 0 saturated carbocycles. The molecule has 2 N–H and O–H groups in total. The zero-order valence-corrected chi connectivity index (χ0v) is 11.2. The number of hydrogen-bond acceptors (Lipinski definition) is 5. The summed E-state index contributed by atoms with van der Waals surface area (Å²) < 4.78 is 5.35. The lowest BCUT2D eigenvalue weighted by molar-refractivity contribution is -0.124. The first-order chi connectivity index (χ1) is 9.13. The molecule has 1 aliphatic heterocycles. The minimum atomic E-state index is -0.541. The van der Waals surface area contributed by atoms with E-state index in [0.29, 0.717) is 19.8 Å². The molecule has 6 nitrogen and oxygen atoms in total. The monoisotopic (exact) mass is 265 g/mol. The second-order valence-electron chi connectivity index (χ2n) is 4.52. The number of nitrogens with zero attached hydrogens (tertiary/aromatic N) is 2. The molecule has 1 fully saturated rings. The number of aromatic nitrogens is 1. The highest BCUT2D eigenvalue weighted by Crippen LogP contribution is 2.19. The Morgan fingerprint density at radius 3 is 3.00 bits per heavy atom. The van der Waals surface area contributed by atoms with Crippen LogP contribution >= 0.6 is 0 Å². The van der Waals surface area contributed by atoms with Crippen LogP contribution < -0.4 is 10.2 Å². The third-order valence-electron chi connectivity index (χ3n) is 3.22. The van der Waals surface area contributed by atoms with Crippen molar-refractivity contribution in [2.24, 2.45) is 0 Å². The molecular weight excluding hydrogens is 246 g/mol. The van der Waals surface area contributed by atoms with Gasteiger partial charge in [0.2, 0.25) is 5.91 Å². The molecule has 104 valence electrons. The fourth-order valence-corrected chi connectivity index (χ4v) is 2.08. The van der Waals surface area contributed by atoms with Gasteiger partial charge >= 0.3 is 0 Å². The molecule has 1 aliphatic rings. The molecule has 6 heteroatoms. The quantitative estimate of drug-likeness (QED) is 0.810. The molecule has 0 bridgehead atoms. The van der Waals surface area contributed by atoms with E-state index in [1.807, 2.05) is 17.0 Å². The number of carbonyl (C=O) groups excluding carboxylic acids is 1. The van der Waals surface area contributed by atoms with E-state index >= 15 is 0 Å². The second-order valence-corrected chi connectivity index (χ2v) is 4.52. The van der Waals surface area contributed by atoms with Gasteiger partial charge in [0.25, 0.3) is 0 Å². The molecule has 0 aromatic carbocycles. The molecule has 1 amide bonds. The standard InChI is InChI=1S/C13H19N3O3/c1-9(17)10-3-4-12(15-7-10)16-5-6-19-8-11(16)13(18)14-2/h3-4,7,9,11,17H,5-6,8H2,1-2H3,(H,14,18)/t9-,11?/m1/s1. The number of aliphatic hydroxyl groups is 1. The number of morpholine rings is 1. The highest BCUT2D eigenvalue weighted by Gasteiger charge is 2.29. The molecule has 1 unspecified atom stereocenters. The van der Waals surface area contributed by atoms with Gasteiger partial charge in [-0.05, 0) is 18.6 Å². The molecule has 0 spiro atoms. The smallest absolute Gasteiger partial charge is 0.244 e. The van der Waals surface area contributed by atoms with E-state index < -0.39 is 6.10 Å². The molecule has 0 radical (unpaired) electrons. The molecule has 2 rings (SSSR count). The third-order valence-corrected chi connectivity index (χ3v) is 3.22. The second kappa shape index (κ2) is 5.99. The van der Waals surface area contributed by atoms with Crippen LogP contribution in [0.15, 0.2) is 18.3 Å². The van der Waals surface area contributed by atoms with Crippen LogP contribution in [0.1, 0.15) is 18.6 Å². The van der Waals surface area contributed by atoms with Crippen LogP contribution in [-0.4, -0.2) is 48.8 Å². The van der Waals surface area contributed by atoms with Crippen molar-refractivity contribution in [3.63, 3.8) is 0 Å². The normalized spacial score (nSPS) is 21.0. The van der Waals surface area contributed by atoms with Gasteiger partial charge in [-0.3, -0.25) is 4.79 Å². The van der Waals surface area contributed by atoms with E-state index in [9.17, 15) is 9.90 Å². The van der Waals surface area contributed by atoms with Crippen molar-refractivity contribution >= 4 is 11.7 Å². The lowest BCUT2D eigenvalue weighted by Gasteiger charge is -2.35. The Balaban J connectivity index is 2.19. The maximum atomic E-state index is 11.8. The number of pyridine rings is 1. The number of ether oxygens (including phenoxy) is 1. The Kier molecular flexibility index (Phi) is 4.34. The number of anilines is 1. The summed E-state index contributed by atoms with van der Waals surface area (Å²) in [6.45, 7) is 3.25. The van der Waals surface area contributed by atoms with Gasteiger partial charge in [0, 0.05) is 19.8 Å². The summed E-state index contributed by atoms with van der Waals surface area (Å²) in [6, 6.07) is 3.29. The van der Waals surface area contributed by atoms with E-state index in [2.05, 4.69) is 10.3 Å². The number of nitrogens with one attached hydrogen (secondary N) is 1. The van der Waals surface area contributed by atoms with Crippen LogP contribution in [0.2, 0.25) is 0 Å². The van der Waals surface area contributed by atoms with Gasteiger partial charge < -0.3 is 20.1 Å². The molecule has 2 atom stereocenters. The van der Waals surface area contributed by atoms with Crippen molar-refractivity contribution in [2.75, 3.05) is 31.7 Å². The van der Waals surface area contributed by atoms with Crippen LogP contribution in [0.4, 0.5) is 5.82 Å². The Morgan fingerprint density at radius 2 is 2.42 bits per heavy atom. The summed E-state index contributed by atoms with van der Waals surface area (Å²) in [7, 11) is 1.61. The van der Waals surface area contributed by atoms with E-state index in [1.165, 1.54) is 0 Å². The SMILES string of the molecule is CNC(=O)C1COCCN1c1ccc([C@@H](C)O)cn1. The molecule has 1 saturated heterocycles. The average Bonchev–Trinajstić information content (AvgIpc) is 2.46. The zero-order chi connectivity index (χ0) is 13.8.